The highest BCUT2D eigenvalue weighted by Gasteiger charge is 2.31. The fraction of sp³-hybridized carbons (Fsp3) is 0.385. The lowest BCUT2D eigenvalue weighted by Gasteiger charge is -2.31. The van der Waals surface area contributed by atoms with E-state index in [1.807, 2.05) is 16.9 Å². The van der Waals surface area contributed by atoms with Crippen LogP contribution in [0.15, 0.2) is 35.6 Å². The van der Waals surface area contributed by atoms with Crippen LogP contribution in [-0.4, -0.2) is 40.6 Å². The van der Waals surface area contributed by atoms with E-state index in [2.05, 4.69) is 10.1 Å². The molecule has 1 fully saturated rings. The molecule has 9 heteroatoms. The molecule has 0 bridgehead atoms. The lowest BCUT2D eigenvalue weighted by Crippen LogP contribution is -2.39. The third-order valence-electron chi connectivity index (χ3n) is 3.79. The summed E-state index contributed by atoms with van der Waals surface area (Å²) in [5, 5.41) is 4.46. The number of halogens is 1. The molecule has 22 heavy (non-hydrogen) atoms. The summed E-state index contributed by atoms with van der Waals surface area (Å²) in [7, 11) is -3.68. The normalized spacial score (nSPS) is 17.7. The van der Waals surface area contributed by atoms with Crippen molar-refractivity contribution >= 4 is 27.4 Å². The number of hydrogen-bond donors (Lipinski definition) is 1. The van der Waals surface area contributed by atoms with Gasteiger partial charge < -0.3 is 5.73 Å². The minimum atomic E-state index is -3.68. The van der Waals surface area contributed by atoms with E-state index in [1.54, 1.807) is 6.20 Å². The monoisotopic (exact) mass is 341 g/mol. The molecule has 0 radical (unpaired) electrons. The van der Waals surface area contributed by atoms with Crippen LogP contribution in [0.25, 0.3) is 0 Å². The number of nitrogen functional groups attached to an aromatic ring is 1. The molecule has 118 valence electrons. The zero-order valence-corrected chi connectivity index (χ0v) is 13.3. The van der Waals surface area contributed by atoms with Crippen LogP contribution in [0.1, 0.15) is 18.9 Å². The smallest absolute Gasteiger partial charge is 0.246 e. The molecule has 2 N–H and O–H groups in total. The predicted molar refractivity (Wildman–Crippen MR) is 82.9 cm³/mol. The Balaban J connectivity index is 1.79. The third-order valence-corrected chi connectivity index (χ3v) is 5.92. The van der Waals surface area contributed by atoms with Crippen molar-refractivity contribution in [3.05, 3.63) is 35.7 Å². The van der Waals surface area contributed by atoms with E-state index in [0.717, 1.165) is 0 Å². The fourth-order valence-corrected chi connectivity index (χ4v) is 4.41. The number of anilines is 1. The molecule has 1 aliphatic rings. The van der Waals surface area contributed by atoms with Crippen LogP contribution < -0.4 is 5.73 Å². The van der Waals surface area contributed by atoms with Gasteiger partial charge in [-0.15, -0.1) is 0 Å². The second kappa shape index (κ2) is 5.86. The minimum absolute atomic E-state index is 0.0291. The van der Waals surface area contributed by atoms with E-state index in [9.17, 15) is 8.42 Å². The molecule has 0 spiro atoms. The van der Waals surface area contributed by atoms with Gasteiger partial charge in [0.25, 0.3) is 0 Å². The maximum Gasteiger partial charge on any atom is 0.246 e. The molecule has 0 atom stereocenters. The van der Waals surface area contributed by atoms with Crippen molar-refractivity contribution in [1.82, 2.24) is 19.1 Å². The highest BCUT2D eigenvalue weighted by Crippen LogP contribution is 2.29. The number of hydrogen-bond acceptors (Lipinski definition) is 5. The molecule has 0 aliphatic carbocycles. The summed E-state index contributed by atoms with van der Waals surface area (Å²) in [4.78, 5) is 3.79. The fourth-order valence-electron chi connectivity index (χ4n) is 2.62. The van der Waals surface area contributed by atoms with E-state index in [0.29, 0.717) is 25.9 Å². The molecule has 0 saturated carbocycles. The average Bonchev–Trinajstić information content (AvgIpc) is 3.04. The molecule has 7 nitrogen and oxygen atoms in total. The summed E-state index contributed by atoms with van der Waals surface area (Å²) in [6, 6.07) is 3.43. The van der Waals surface area contributed by atoms with Crippen LogP contribution in [0.2, 0.25) is 5.02 Å². The summed E-state index contributed by atoms with van der Waals surface area (Å²) in [5.74, 6) is -0.0291. The van der Waals surface area contributed by atoms with Gasteiger partial charge in [0, 0.05) is 31.7 Å². The number of aromatic nitrogens is 3. The van der Waals surface area contributed by atoms with Crippen molar-refractivity contribution in [2.24, 2.45) is 0 Å². The topological polar surface area (TPSA) is 94.1 Å². The SMILES string of the molecule is Nc1ncc(Cl)cc1S(=O)(=O)N1CCC(n2cccn2)CC1. The van der Waals surface area contributed by atoms with Crippen molar-refractivity contribution < 1.29 is 8.42 Å². The van der Waals surface area contributed by atoms with Crippen molar-refractivity contribution in [2.75, 3.05) is 18.8 Å². The van der Waals surface area contributed by atoms with Gasteiger partial charge in [0.15, 0.2) is 0 Å². The quantitative estimate of drug-likeness (QED) is 0.913. The molecular formula is C13H16ClN5O2S. The highest BCUT2D eigenvalue weighted by atomic mass is 35.5. The van der Waals surface area contributed by atoms with E-state index in [-0.39, 0.29) is 21.8 Å². The second-order valence-electron chi connectivity index (χ2n) is 5.16. The Morgan fingerprint density at radius 3 is 2.68 bits per heavy atom. The lowest BCUT2D eigenvalue weighted by atomic mass is 10.1. The van der Waals surface area contributed by atoms with Crippen LogP contribution in [-0.2, 0) is 10.0 Å². The lowest BCUT2D eigenvalue weighted by molar-refractivity contribution is 0.261. The Bertz CT molecular complexity index is 755. The molecular weight excluding hydrogens is 326 g/mol. The first-order valence-corrected chi connectivity index (χ1v) is 8.70. The summed E-state index contributed by atoms with van der Waals surface area (Å²) in [6.07, 6.45) is 6.36. The van der Waals surface area contributed by atoms with E-state index < -0.39 is 10.0 Å². The van der Waals surface area contributed by atoms with Gasteiger partial charge in [-0.05, 0) is 25.0 Å². The van der Waals surface area contributed by atoms with Gasteiger partial charge in [0.1, 0.15) is 10.7 Å². The first-order valence-electron chi connectivity index (χ1n) is 6.89. The van der Waals surface area contributed by atoms with Crippen LogP contribution in [0.4, 0.5) is 5.82 Å². The Hall–Kier alpha value is -1.64. The Labute approximate surface area is 133 Å². The maximum absolute atomic E-state index is 12.7. The molecule has 1 aliphatic heterocycles. The largest absolute Gasteiger partial charge is 0.383 e. The number of nitrogens with two attached hydrogens (primary N) is 1. The van der Waals surface area contributed by atoms with E-state index >= 15 is 0 Å². The summed E-state index contributed by atoms with van der Waals surface area (Å²) in [6.45, 7) is 0.831. The van der Waals surface area contributed by atoms with Crippen molar-refractivity contribution in [3.63, 3.8) is 0 Å². The predicted octanol–water partition coefficient (Wildman–Crippen LogP) is 1.54. The Morgan fingerprint density at radius 2 is 2.05 bits per heavy atom. The summed E-state index contributed by atoms with van der Waals surface area (Å²) >= 11 is 5.84. The molecule has 2 aromatic heterocycles. The number of nitrogens with zero attached hydrogens (tertiary/aromatic N) is 4. The molecule has 1 saturated heterocycles. The Morgan fingerprint density at radius 1 is 1.32 bits per heavy atom. The standard InChI is InChI=1S/C13H16ClN5O2S/c14-10-8-12(13(15)16-9-10)22(20,21)18-6-2-11(3-7-18)19-5-1-4-17-19/h1,4-5,8-9,11H,2-3,6-7H2,(H2,15,16). The van der Waals surface area contributed by atoms with Gasteiger partial charge in [-0.1, -0.05) is 11.6 Å². The van der Waals surface area contributed by atoms with Crippen molar-refractivity contribution in [3.8, 4) is 0 Å². The third kappa shape index (κ3) is 2.81. The number of sulfonamides is 1. The molecule has 0 aromatic carbocycles. The number of piperidine rings is 1. The molecule has 0 amide bonds. The van der Waals surface area contributed by atoms with Gasteiger partial charge in [-0.25, -0.2) is 13.4 Å². The van der Waals surface area contributed by atoms with E-state index in [1.165, 1.54) is 16.6 Å². The Kier molecular flexibility index (Phi) is 4.07. The number of pyridine rings is 1. The maximum atomic E-state index is 12.7. The van der Waals surface area contributed by atoms with Crippen LogP contribution in [0, 0.1) is 0 Å². The number of rotatable bonds is 3. The van der Waals surface area contributed by atoms with Crippen LogP contribution >= 0.6 is 11.6 Å². The van der Waals surface area contributed by atoms with Gasteiger partial charge in [-0.3, -0.25) is 4.68 Å². The van der Waals surface area contributed by atoms with Gasteiger partial charge in [0.2, 0.25) is 10.0 Å². The van der Waals surface area contributed by atoms with Gasteiger partial charge >= 0.3 is 0 Å². The van der Waals surface area contributed by atoms with Gasteiger partial charge in [-0.2, -0.15) is 9.40 Å². The van der Waals surface area contributed by atoms with Crippen LogP contribution in [0.3, 0.4) is 0 Å². The van der Waals surface area contributed by atoms with Crippen LogP contribution in [0.5, 0.6) is 0 Å². The molecule has 3 rings (SSSR count). The molecule has 3 heterocycles. The highest BCUT2D eigenvalue weighted by molar-refractivity contribution is 7.89. The summed E-state index contributed by atoms with van der Waals surface area (Å²) in [5.41, 5.74) is 5.70. The average molecular weight is 342 g/mol. The van der Waals surface area contributed by atoms with E-state index in [4.69, 9.17) is 17.3 Å². The molecule has 0 unspecified atom stereocenters. The first-order chi connectivity index (χ1) is 10.5. The minimum Gasteiger partial charge on any atom is -0.383 e. The zero-order valence-electron chi connectivity index (χ0n) is 11.8. The van der Waals surface area contributed by atoms with Crippen molar-refractivity contribution in [1.29, 1.82) is 0 Å². The summed E-state index contributed by atoms with van der Waals surface area (Å²) < 4.78 is 28.7. The second-order valence-corrected chi connectivity index (χ2v) is 7.50. The van der Waals surface area contributed by atoms with Gasteiger partial charge in [0.05, 0.1) is 11.1 Å². The zero-order chi connectivity index (χ0) is 15.7. The van der Waals surface area contributed by atoms with Crippen molar-refractivity contribution in [2.45, 2.75) is 23.8 Å². The first kappa shape index (κ1) is 15.3. The molecule has 2 aromatic rings.